The second-order valence-electron chi connectivity index (χ2n) is 8.43. The third kappa shape index (κ3) is 4.33. The van der Waals surface area contributed by atoms with Crippen molar-refractivity contribution in [2.45, 2.75) is 32.2 Å². The van der Waals surface area contributed by atoms with Crippen molar-refractivity contribution in [1.82, 2.24) is 9.55 Å². The molecule has 1 fully saturated rings. The second-order valence-corrected chi connectivity index (χ2v) is 8.84. The SMILES string of the molecule is Cc1ccccc1OCCCn1c([C@H]2CC(=O)N(c3ccccc3Cl)C2)nc2ccccc21. The van der Waals surface area contributed by atoms with E-state index in [0.29, 0.717) is 24.6 Å². The van der Waals surface area contributed by atoms with Crippen LogP contribution >= 0.6 is 11.6 Å². The van der Waals surface area contributed by atoms with E-state index in [0.717, 1.165) is 46.8 Å². The highest BCUT2D eigenvalue weighted by molar-refractivity contribution is 6.33. The number of hydrogen-bond acceptors (Lipinski definition) is 3. The number of carbonyl (C=O) groups is 1. The lowest BCUT2D eigenvalue weighted by Crippen LogP contribution is -2.24. The van der Waals surface area contributed by atoms with Crippen molar-refractivity contribution < 1.29 is 9.53 Å². The number of aryl methyl sites for hydroxylation is 2. The fourth-order valence-electron chi connectivity index (χ4n) is 4.55. The molecule has 1 saturated heterocycles. The zero-order valence-electron chi connectivity index (χ0n) is 18.6. The highest BCUT2D eigenvalue weighted by Gasteiger charge is 2.35. The Hall–Kier alpha value is -3.31. The molecule has 1 aliphatic heterocycles. The zero-order valence-corrected chi connectivity index (χ0v) is 19.3. The first-order valence-corrected chi connectivity index (χ1v) is 11.7. The van der Waals surface area contributed by atoms with Gasteiger partial charge in [-0.1, -0.05) is 54.1 Å². The molecule has 2 heterocycles. The summed E-state index contributed by atoms with van der Waals surface area (Å²) >= 11 is 6.38. The Morgan fingerprint density at radius 1 is 1.03 bits per heavy atom. The summed E-state index contributed by atoms with van der Waals surface area (Å²) in [7, 11) is 0. The number of amides is 1. The van der Waals surface area contributed by atoms with Crippen LogP contribution in [-0.2, 0) is 11.3 Å². The van der Waals surface area contributed by atoms with Crippen LogP contribution in [0.4, 0.5) is 5.69 Å². The molecule has 0 spiro atoms. The lowest BCUT2D eigenvalue weighted by atomic mass is 10.1. The Balaban J connectivity index is 1.36. The summed E-state index contributed by atoms with van der Waals surface area (Å²) < 4.78 is 8.26. The first-order chi connectivity index (χ1) is 16.1. The van der Waals surface area contributed by atoms with Crippen LogP contribution in [0.5, 0.6) is 5.75 Å². The number of rotatable bonds is 7. The number of aromatic nitrogens is 2. The topological polar surface area (TPSA) is 47.4 Å². The Bertz CT molecular complexity index is 1300. The van der Waals surface area contributed by atoms with E-state index < -0.39 is 0 Å². The molecule has 6 heteroatoms. The average molecular weight is 460 g/mol. The van der Waals surface area contributed by atoms with Gasteiger partial charge < -0.3 is 14.2 Å². The summed E-state index contributed by atoms with van der Waals surface area (Å²) in [6.07, 6.45) is 1.27. The lowest BCUT2D eigenvalue weighted by molar-refractivity contribution is -0.117. The van der Waals surface area contributed by atoms with Gasteiger partial charge in [-0.3, -0.25) is 4.79 Å². The number of anilines is 1. The number of carbonyl (C=O) groups excluding carboxylic acids is 1. The van der Waals surface area contributed by atoms with Crippen LogP contribution in [-0.4, -0.2) is 28.6 Å². The maximum atomic E-state index is 12.9. The summed E-state index contributed by atoms with van der Waals surface area (Å²) in [5, 5.41) is 0.591. The maximum absolute atomic E-state index is 12.9. The Morgan fingerprint density at radius 3 is 2.64 bits per heavy atom. The molecule has 5 nitrogen and oxygen atoms in total. The van der Waals surface area contributed by atoms with Crippen LogP contribution in [0.15, 0.2) is 72.8 Å². The van der Waals surface area contributed by atoms with Gasteiger partial charge in [0.1, 0.15) is 11.6 Å². The molecule has 0 radical (unpaired) electrons. The summed E-state index contributed by atoms with van der Waals surface area (Å²) in [5.41, 5.74) is 3.94. The van der Waals surface area contributed by atoms with E-state index in [4.69, 9.17) is 21.3 Å². The molecule has 1 aromatic heterocycles. The molecule has 1 atom stereocenters. The van der Waals surface area contributed by atoms with Crippen LogP contribution in [0.25, 0.3) is 11.0 Å². The molecule has 0 N–H and O–H groups in total. The van der Waals surface area contributed by atoms with Gasteiger partial charge in [0.05, 0.1) is 28.4 Å². The molecule has 1 amide bonds. The minimum atomic E-state index is 0.0125. The van der Waals surface area contributed by atoms with Crippen molar-refractivity contribution in [2.75, 3.05) is 18.1 Å². The van der Waals surface area contributed by atoms with Gasteiger partial charge in [-0.15, -0.1) is 0 Å². The van der Waals surface area contributed by atoms with Crippen molar-refractivity contribution in [3.05, 3.63) is 89.2 Å². The van der Waals surface area contributed by atoms with Crippen LogP contribution in [0.1, 0.15) is 30.1 Å². The fraction of sp³-hybridized carbons (Fsp3) is 0.259. The highest BCUT2D eigenvalue weighted by Crippen LogP contribution is 2.36. The van der Waals surface area contributed by atoms with E-state index in [1.807, 2.05) is 60.7 Å². The third-order valence-electron chi connectivity index (χ3n) is 6.19. The number of para-hydroxylation sites is 4. The van der Waals surface area contributed by atoms with Crippen molar-refractivity contribution in [3.8, 4) is 5.75 Å². The summed E-state index contributed by atoms with van der Waals surface area (Å²) in [6, 6.07) is 23.7. The summed E-state index contributed by atoms with van der Waals surface area (Å²) in [5.74, 6) is 1.97. The summed E-state index contributed by atoms with van der Waals surface area (Å²) in [4.78, 5) is 19.6. The van der Waals surface area contributed by atoms with E-state index in [9.17, 15) is 4.79 Å². The van der Waals surface area contributed by atoms with Crippen LogP contribution in [0.3, 0.4) is 0 Å². The first kappa shape index (κ1) is 21.5. The van der Waals surface area contributed by atoms with Gasteiger partial charge >= 0.3 is 0 Å². The first-order valence-electron chi connectivity index (χ1n) is 11.3. The Morgan fingerprint density at radius 2 is 1.79 bits per heavy atom. The quantitative estimate of drug-likeness (QED) is 0.319. The number of halogens is 1. The predicted molar refractivity (Wildman–Crippen MR) is 132 cm³/mol. The van der Waals surface area contributed by atoms with E-state index in [1.165, 1.54) is 0 Å². The monoisotopic (exact) mass is 459 g/mol. The van der Waals surface area contributed by atoms with E-state index in [2.05, 4.69) is 23.6 Å². The van der Waals surface area contributed by atoms with Crippen LogP contribution < -0.4 is 9.64 Å². The van der Waals surface area contributed by atoms with Gasteiger partial charge in [0.2, 0.25) is 5.91 Å². The van der Waals surface area contributed by atoms with Gasteiger partial charge in [-0.05, 0) is 49.2 Å². The van der Waals surface area contributed by atoms with Gasteiger partial charge in [-0.2, -0.15) is 0 Å². The van der Waals surface area contributed by atoms with Gasteiger partial charge in [0.25, 0.3) is 0 Å². The average Bonchev–Trinajstić information content (AvgIpc) is 3.38. The van der Waals surface area contributed by atoms with E-state index in [-0.39, 0.29) is 11.8 Å². The Labute approximate surface area is 198 Å². The third-order valence-corrected chi connectivity index (χ3v) is 6.51. The number of hydrogen-bond donors (Lipinski definition) is 0. The fourth-order valence-corrected chi connectivity index (χ4v) is 4.79. The number of imidazole rings is 1. The van der Waals surface area contributed by atoms with E-state index >= 15 is 0 Å². The van der Waals surface area contributed by atoms with Gasteiger partial charge in [-0.25, -0.2) is 4.98 Å². The lowest BCUT2D eigenvalue weighted by Gasteiger charge is -2.18. The highest BCUT2D eigenvalue weighted by atomic mass is 35.5. The normalized spacial score (nSPS) is 16.0. The molecule has 0 aliphatic carbocycles. The molecule has 4 aromatic rings. The minimum Gasteiger partial charge on any atom is -0.493 e. The molecule has 0 unspecified atom stereocenters. The van der Waals surface area contributed by atoms with Crippen molar-refractivity contribution >= 4 is 34.2 Å². The maximum Gasteiger partial charge on any atom is 0.227 e. The number of benzene rings is 3. The van der Waals surface area contributed by atoms with Crippen molar-refractivity contribution in [3.63, 3.8) is 0 Å². The van der Waals surface area contributed by atoms with Crippen molar-refractivity contribution in [2.24, 2.45) is 0 Å². The number of fused-ring (bicyclic) bond motifs is 1. The molecule has 168 valence electrons. The second kappa shape index (κ2) is 9.28. The largest absolute Gasteiger partial charge is 0.493 e. The molecule has 3 aromatic carbocycles. The minimum absolute atomic E-state index is 0.0125. The predicted octanol–water partition coefficient (Wildman–Crippen LogP) is 5.99. The van der Waals surface area contributed by atoms with Crippen molar-refractivity contribution in [1.29, 1.82) is 0 Å². The Kier molecular flexibility index (Phi) is 6.05. The molecular formula is C27H26ClN3O2. The molecule has 0 bridgehead atoms. The van der Waals surface area contributed by atoms with Crippen LogP contribution in [0.2, 0.25) is 5.02 Å². The van der Waals surface area contributed by atoms with Crippen LogP contribution in [0, 0.1) is 6.92 Å². The molecule has 1 aliphatic rings. The molecule has 0 saturated carbocycles. The van der Waals surface area contributed by atoms with E-state index in [1.54, 1.807) is 4.90 Å². The van der Waals surface area contributed by atoms with Gasteiger partial charge in [0.15, 0.2) is 0 Å². The smallest absolute Gasteiger partial charge is 0.227 e. The van der Waals surface area contributed by atoms with Gasteiger partial charge in [0, 0.05) is 25.4 Å². The number of ether oxygens (including phenoxy) is 1. The number of nitrogens with zero attached hydrogens (tertiary/aromatic N) is 3. The molecule has 33 heavy (non-hydrogen) atoms. The zero-order chi connectivity index (χ0) is 22.8. The molecular weight excluding hydrogens is 434 g/mol. The summed E-state index contributed by atoms with van der Waals surface area (Å²) in [6.45, 7) is 4.02. The molecule has 5 rings (SSSR count). The standard InChI is InChI=1S/C27H26ClN3O2/c1-19-9-2-7-14-25(19)33-16-8-15-30-24-13-6-4-11-22(24)29-27(30)20-17-26(32)31(18-20)23-12-5-3-10-21(23)28/h2-7,9-14,20H,8,15-18H2,1H3/t20-/m0/s1.